The van der Waals surface area contributed by atoms with Crippen molar-refractivity contribution in [3.05, 3.63) is 35.1 Å². The maximum atomic E-state index is 13.2. The molecule has 2 rings (SSSR count). The molecule has 2 N–H and O–H groups in total. The SMILES string of the molecule is CCNC(=NCC1CCN(C)CC1)NCCc1ccc(F)cc1C. The van der Waals surface area contributed by atoms with Gasteiger partial charge in [0.1, 0.15) is 5.82 Å². The topological polar surface area (TPSA) is 39.7 Å². The Balaban J connectivity index is 1.80. The molecule has 24 heavy (non-hydrogen) atoms. The van der Waals surface area contributed by atoms with E-state index < -0.39 is 0 Å². The van der Waals surface area contributed by atoms with Gasteiger partial charge in [0.05, 0.1) is 0 Å². The van der Waals surface area contributed by atoms with E-state index in [0.29, 0.717) is 5.92 Å². The number of nitrogens with one attached hydrogen (secondary N) is 2. The molecule has 5 heteroatoms. The summed E-state index contributed by atoms with van der Waals surface area (Å²) in [6.07, 6.45) is 3.33. The summed E-state index contributed by atoms with van der Waals surface area (Å²) in [4.78, 5) is 7.13. The molecule has 0 aromatic heterocycles. The van der Waals surface area contributed by atoms with Gasteiger partial charge >= 0.3 is 0 Å². The summed E-state index contributed by atoms with van der Waals surface area (Å²) in [5, 5.41) is 6.70. The lowest BCUT2D eigenvalue weighted by Gasteiger charge is -2.28. The van der Waals surface area contributed by atoms with Gasteiger partial charge in [-0.2, -0.15) is 0 Å². The zero-order valence-corrected chi connectivity index (χ0v) is 15.2. The minimum absolute atomic E-state index is 0.169. The molecule has 1 fully saturated rings. The molecule has 0 radical (unpaired) electrons. The largest absolute Gasteiger partial charge is 0.357 e. The van der Waals surface area contributed by atoms with E-state index in [4.69, 9.17) is 4.99 Å². The molecule has 0 bridgehead atoms. The van der Waals surface area contributed by atoms with Crippen LogP contribution >= 0.6 is 0 Å². The summed E-state index contributed by atoms with van der Waals surface area (Å²) < 4.78 is 13.2. The highest BCUT2D eigenvalue weighted by Crippen LogP contribution is 2.16. The number of aryl methyl sites for hydroxylation is 1. The van der Waals surface area contributed by atoms with Gasteiger partial charge < -0.3 is 15.5 Å². The maximum Gasteiger partial charge on any atom is 0.191 e. The van der Waals surface area contributed by atoms with Crippen molar-refractivity contribution in [2.75, 3.05) is 39.8 Å². The Hall–Kier alpha value is -1.62. The maximum absolute atomic E-state index is 13.2. The Labute approximate surface area is 145 Å². The lowest BCUT2D eigenvalue weighted by Crippen LogP contribution is -2.39. The predicted molar refractivity (Wildman–Crippen MR) is 99.0 cm³/mol. The molecule has 1 aliphatic rings. The van der Waals surface area contributed by atoms with Gasteiger partial charge in [-0.3, -0.25) is 4.99 Å². The smallest absolute Gasteiger partial charge is 0.191 e. The van der Waals surface area contributed by atoms with E-state index in [2.05, 4.69) is 29.5 Å². The highest BCUT2D eigenvalue weighted by Gasteiger charge is 2.16. The normalized spacial score (nSPS) is 17.1. The Morgan fingerprint density at radius 2 is 2.04 bits per heavy atom. The molecule has 0 unspecified atom stereocenters. The molecule has 4 nitrogen and oxygen atoms in total. The molecule has 0 aliphatic carbocycles. The first-order valence-electron chi connectivity index (χ1n) is 9.04. The van der Waals surface area contributed by atoms with E-state index in [1.54, 1.807) is 6.07 Å². The monoisotopic (exact) mass is 334 g/mol. The number of hydrogen-bond acceptors (Lipinski definition) is 2. The van der Waals surface area contributed by atoms with E-state index >= 15 is 0 Å². The van der Waals surface area contributed by atoms with E-state index in [1.165, 1.54) is 37.6 Å². The molecule has 0 saturated carbocycles. The molecule has 0 amide bonds. The van der Waals surface area contributed by atoms with Crippen LogP contribution in [-0.2, 0) is 6.42 Å². The third kappa shape index (κ3) is 6.11. The standard InChI is InChI=1S/C19H31FN4/c1-4-21-19(23-14-16-8-11-24(3)12-9-16)22-10-7-17-5-6-18(20)13-15(17)2/h5-6,13,16H,4,7-12,14H2,1-3H3,(H2,21,22,23). The predicted octanol–water partition coefficient (Wildman–Crippen LogP) is 2.57. The van der Waals surface area contributed by atoms with Gasteiger partial charge in [-0.1, -0.05) is 6.07 Å². The molecule has 0 spiro atoms. The summed E-state index contributed by atoms with van der Waals surface area (Å²) in [6, 6.07) is 4.99. The first-order valence-corrected chi connectivity index (χ1v) is 9.04. The van der Waals surface area contributed by atoms with Crippen LogP contribution in [0.5, 0.6) is 0 Å². The highest BCUT2D eigenvalue weighted by molar-refractivity contribution is 5.79. The summed E-state index contributed by atoms with van der Waals surface area (Å²) >= 11 is 0. The van der Waals surface area contributed by atoms with Crippen LogP contribution in [0.25, 0.3) is 0 Å². The van der Waals surface area contributed by atoms with Gasteiger partial charge in [0, 0.05) is 19.6 Å². The number of aliphatic imine (C=N–C) groups is 1. The van der Waals surface area contributed by atoms with E-state index in [-0.39, 0.29) is 5.82 Å². The number of rotatable bonds is 6. The van der Waals surface area contributed by atoms with Crippen molar-refractivity contribution < 1.29 is 4.39 Å². The fourth-order valence-electron chi connectivity index (χ4n) is 3.06. The number of piperidine rings is 1. The van der Waals surface area contributed by atoms with E-state index in [0.717, 1.165) is 37.6 Å². The minimum atomic E-state index is -0.169. The molecule has 1 aromatic rings. The molecule has 134 valence electrons. The number of nitrogens with zero attached hydrogens (tertiary/aromatic N) is 2. The summed E-state index contributed by atoms with van der Waals surface area (Å²) in [7, 11) is 2.18. The van der Waals surface area contributed by atoms with Crippen LogP contribution in [0.3, 0.4) is 0 Å². The minimum Gasteiger partial charge on any atom is -0.357 e. The van der Waals surface area contributed by atoms with Crippen molar-refractivity contribution in [1.29, 1.82) is 0 Å². The summed E-state index contributed by atoms with van der Waals surface area (Å²) in [6.45, 7) is 8.93. The number of benzene rings is 1. The fraction of sp³-hybridized carbons (Fsp3) is 0.632. The first-order chi connectivity index (χ1) is 11.6. The van der Waals surface area contributed by atoms with Crippen molar-refractivity contribution >= 4 is 5.96 Å². The summed E-state index contributed by atoms with van der Waals surface area (Å²) in [5.74, 6) is 1.41. The highest BCUT2D eigenvalue weighted by atomic mass is 19.1. The number of guanidine groups is 1. The van der Waals surface area contributed by atoms with Crippen LogP contribution in [0.1, 0.15) is 30.9 Å². The fourth-order valence-corrected chi connectivity index (χ4v) is 3.06. The van der Waals surface area contributed by atoms with Crippen molar-refractivity contribution in [3.8, 4) is 0 Å². The van der Waals surface area contributed by atoms with Crippen molar-refractivity contribution in [2.45, 2.75) is 33.1 Å². The van der Waals surface area contributed by atoms with Gasteiger partial charge in [0.2, 0.25) is 0 Å². The van der Waals surface area contributed by atoms with Gasteiger partial charge in [-0.25, -0.2) is 4.39 Å². The van der Waals surface area contributed by atoms with Gasteiger partial charge in [0.15, 0.2) is 5.96 Å². The third-order valence-electron chi connectivity index (χ3n) is 4.68. The van der Waals surface area contributed by atoms with Gasteiger partial charge in [0.25, 0.3) is 0 Å². The van der Waals surface area contributed by atoms with E-state index in [9.17, 15) is 4.39 Å². The molecular formula is C19H31FN4. The first kappa shape index (κ1) is 18.7. The number of likely N-dealkylation sites (tertiary alicyclic amines) is 1. The molecule has 1 aromatic carbocycles. The Bertz CT molecular complexity index is 536. The quantitative estimate of drug-likeness (QED) is 0.620. The summed E-state index contributed by atoms with van der Waals surface area (Å²) in [5.41, 5.74) is 2.18. The molecule has 1 saturated heterocycles. The second-order valence-corrected chi connectivity index (χ2v) is 6.71. The lowest BCUT2D eigenvalue weighted by atomic mass is 9.97. The van der Waals surface area contributed by atoms with Gasteiger partial charge in [-0.05, 0) is 82.4 Å². The molecular weight excluding hydrogens is 303 g/mol. The zero-order chi connectivity index (χ0) is 17.4. The molecule has 1 heterocycles. The Morgan fingerprint density at radius 1 is 1.29 bits per heavy atom. The second kappa shape index (κ2) is 9.62. The Kier molecular flexibility index (Phi) is 7.50. The average molecular weight is 334 g/mol. The second-order valence-electron chi connectivity index (χ2n) is 6.71. The molecule has 0 atom stereocenters. The Morgan fingerprint density at radius 3 is 2.71 bits per heavy atom. The van der Waals surface area contributed by atoms with Crippen LogP contribution in [0.4, 0.5) is 4.39 Å². The number of hydrogen-bond donors (Lipinski definition) is 2. The van der Waals surface area contributed by atoms with Crippen molar-refractivity contribution in [3.63, 3.8) is 0 Å². The van der Waals surface area contributed by atoms with Crippen LogP contribution in [0.15, 0.2) is 23.2 Å². The third-order valence-corrected chi connectivity index (χ3v) is 4.68. The van der Waals surface area contributed by atoms with Crippen molar-refractivity contribution in [1.82, 2.24) is 15.5 Å². The van der Waals surface area contributed by atoms with Crippen LogP contribution < -0.4 is 10.6 Å². The number of halogens is 1. The average Bonchev–Trinajstić information content (AvgIpc) is 2.56. The lowest BCUT2D eigenvalue weighted by molar-refractivity contribution is 0.223. The van der Waals surface area contributed by atoms with Crippen LogP contribution in [0.2, 0.25) is 0 Å². The van der Waals surface area contributed by atoms with Crippen LogP contribution in [-0.4, -0.2) is 50.6 Å². The zero-order valence-electron chi connectivity index (χ0n) is 15.2. The molecule has 1 aliphatic heterocycles. The van der Waals surface area contributed by atoms with Gasteiger partial charge in [-0.15, -0.1) is 0 Å². The van der Waals surface area contributed by atoms with Crippen LogP contribution in [0, 0.1) is 18.7 Å². The van der Waals surface area contributed by atoms with Crippen molar-refractivity contribution in [2.24, 2.45) is 10.9 Å². The van der Waals surface area contributed by atoms with E-state index in [1.807, 2.05) is 13.0 Å².